The predicted octanol–water partition coefficient (Wildman–Crippen LogP) is 3.03. The second kappa shape index (κ2) is 6.65. The van der Waals surface area contributed by atoms with Crippen LogP contribution in [0, 0.1) is 0 Å². The van der Waals surface area contributed by atoms with Gasteiger partial charge >= 0.3 is 0 Å². The van der Waals surface area contributed by atoms with Crippen molar-refractivity contribution in [2.75, 3.05) is 20.6 Å². The Kier molecular flexibility index (Phi) is 4.42. The molecule has 1 atom stereocenters. The van der Waals surface area contributed by atoms with Crippen molar-refractivity contribution >= 4 is 5.96 Å². The maximum Gasteiger partial charge on any atom is 0.193 e. The Bertz CT molecular complexity index is 647. The normalized spacial score (nSPS) is 16.6. The minimum atomic E-state index is 0.609. The highest BCUT2D eigenvalue weighted by Crippen LogP contribution is 2.33. The van der Waals surface area contributed by atoms with Gasteiger partial charge in [-0.3, -0.25) is 0 Å². The molecule has 0 saturated heterocycles. The average molecular weight is 293 g/mol. The molecular weight excluding hydrogens is 270 g/mol. The van der Waals surface area contributed by atoms with Crippen molar-refractivity contribution in [3.63, 3.8) is 0 Å². The lowest BCUT2D eigenvalue weighted by atomic mass is 9.78. The molecule has 1 N–H and O–H groups in total. The molecule has 3 heteroatoms. The van der Waals surface area contributed by atoms with E-state index in [0.717, 1.165) is 12.5 Å². The molecule has 0 heterocycles. The molecule has 2 aromatic rings. The molecule has 1 unspecified atom stereocenters. The van der Waals surface area contributed by atoms with Gasteiger partial charge in [0.25, 0.3) is 0 Å². The van der Waals surface area contributed by atoms with E-state index >= 15 is 0 Å². The number of guanidine groups is 1. The van der Waals surface area contributed by atoms with Crippen LogP contribution in [0.5, 0.6) is 0 Å². The van der Waals surface area contributed by atoms with E-state index in [1.54, 1.807) is 0 Å². The molecule has 0 bridgehead atoms. The van der Waals surface area contributed by atoms with E-state index < -0.39 is 0 Å². The molecule has 0 spiro atoms. The van der Waals surface area contributed by atoms with Gasteiger partial charge in [-0.1, -0.05) is 54.6 Å². The van der Waals surface area contributed by atoms with Crippen molar-refractivity contribution in [1.29, 1.82) is 0 Å². The van der Waals surface area contributed by atoms with Crippen LogP contribution in [0.1, 0.15) is 22.6 Å². The maximum atomic E-state index is 4.71. The van der Waals surface area contributed by atoms with Crippen molar-refractivity contribution in [3.05, 3.63) is 71.3 Å². The molecule has 0 fully saturated rings. The first-order chi connectivity index (χ1) is 10.7. The summed E-state index contributed by atoms with van der Waals surface area (Å²) in [5, 5.41) is 3.51. The highest BCUT2D eigenvalue weighted by atomic mass is 15.3. The Balaban J connectivity index is 1.59. The smallest absolute Gasteiger partial charge is 0.193 e. The van der Waals surface area contributed by atoms with Crippen LogP contribution in [0.25, 0.3) is 0 Å². The van der Waals surface area contributed by atoms with E-state index in [4.69, 9.17) is 4.99 Å². The predicted molar refractivity (Wildman–Crippen MR) is 92.2 cm³/mol. The van der Waals surface area contributed by atoms with E-state index in [9.17, 15) is 0 Å². The molecule has 1 aliphatic carbocycles. The number of nitrogens with zero attached hydrogens (tertiary/aromatic N) is 2. The molecule has 0 amide bonds. The zero-order valence-corrected chi connectivity index (χ0v) is 13.3. The standard InChI is InChI=1S/C19H23N3/c1-22(2)19(20-13-15-8-4-3-5-9-15)21-14-17-12-16-10-6-7-11-18(16)17/h3-11,17H,12-14H2,1-2H3,(H,20,21). The van der Waals surface area contributed by atoms with Crippen molar-refractivity contribution in [2.45, 2.75) is 18.9 Å². The summed E-state index contributed by atoms with van der Waals surface area (Å²) >= 11 is 0. The molecule has 2 aromatic carbocycles. The Labute approximate surface area is 132 Å². The third kappa shape index (κ3) is 3.30. The summed E-state index contributed by atoms with van der Waals surface area (Å²) < 4.78 is 0. The Morgan fingerprint density at radius 1 is 1.09 bits per heavy atom. The van der Waals surface area contributed by atoms with Crippen LogP contribution in [0.3, 0.4) is 0 Å². The molecule has 22 heavy (non-hydrogen) atoms. The van der Waals surface area contributed by atoms with Crippen molar-refractivity contribution in [2.24, 2.45) is 4.99 Å². The topological polar surface area (TPSA) is 27.6 Å². The first-order valence-electron chi connectivity index (χ1n) is 7.81. The summed E-state index contributed by atoms with van der Waals surface area (Å²) in [7, 11) is 4.07. The number of fused-ring (bicyclic) bond motifs is 1. The van der Waals surface area contributed by atoms with Crippen molar-refractivity contribution in [3.8, 4) is 0 Å². The highest BCUT2D eigenvalue weighted by Gasteiger charge is 2.25. The number of benzene rings is 2. The summed E-state index contributed by atoms with van der Waals surface area (Å²) in [6.45, 7) is 1.66. The van der Waals surface area contributed by atoms with E-state index in [2.05, 4.69) is 53.8 Å². The molecule has 0 saturated carbocycles. The van der Waals surface area contributed by atoms with E-state index in [1.807, 2.05) is 25.1 Å². The van der Waals surface area contributed by atoms with Gasteiger partial charge in [-0.25, -0.2) is 4.99 Å². The Morgan fingerprint density at radius 2 is 1.82 bits per heavy atom. The molecule has 114 valence electrons. The Hall–Kier alpha value is -2.29. The Morgan fingerprint density at radius 3 is 2.55 bits per heavy atom. The van der Waals surface area contributed by atoms with Crippen LogP contribution in [0.4, 0.5) is 0 Å². The summed E-state index contributed by atoms with van der Waals surface area (Å²) in [6, 6.07) is 19.1. The lowest BCUT2D eigenvalue weighted by molar-refractivity contribution is 0.537. The molecule has 3 nitrogen and oxygen atoms in total. The number of nitrogens with one attached hydrogen (secondary N) is 1. The second-order valence-electron chi connectivity index (χ2n) is 6.00. The lowest BCUT2D eigenvalue weighted by Gasteiger charge is -2.31. The first-order valence-corrected chi connectivity index (χ1v) is 7.81. The molecule has 0 aromatic heterocycles. The monoisotopic (exact) mass is 293 g/mol. The van der Waals surface area contributed by atoms with Gasteiger partial charge in [-0.05, 0) is 23.1 Å². The van der Waals surface area contributed by atoms with Gasteiger partial charge in [-0.2, -0.15) is 0 Å². The highest BCUT2D eigenvalue weighted by molar-refractivity contribution is 5.79. The van der Waals surface area contributed by atoms with E-state index in [1.165, 1.54) is 23.1 Å². The van der Waals surface area contributed by atoms with Crippen LogP contribution in [-0.2, 0) is 13.0 Å². The third-order valence-corrected chi connectivity index (χ3v) is 4.15. The zero-order valence-electron chi connectivity index (χ0n) is 13.3. The van der Waals surface area contributed by atoms with Gasteiger partial charge in [-0.15, -0.1) is 0 Å². The van der Waals surface area contributed by atoms with Crippen LogP contribution >= 0.6 is 0 Å². The fourth-order valence-corrected chi connectivity index (χ4v) is 2.86. The minimum Gasteiger partial charge on any atom is -0.356 e. The number of hydrogen-bond donors (Lipinski definition) is 1. The number of hydrogen-bond acceptors (Lipinski definition) is 1. The number of aliphatic imine (C=N–C) groups is 1. The van der Waals surface area contributed by atoms with Gasteiger partial charge in [0.1, 0.15) is 0 Å². The molecule has 0 aliphatic heterocycles. The van der Waals surface area contributed by atoms with Crippen LogP contribution in [0.15, 0.2) is 59.6 Å². The quantitative estimate of drug-likeness (QED) is 0.693. The average Bonchev–Trinajstić information content (AvgIpc) is 2.51. The van der Waals surface area contributed by atoms with E-state index in [0.29, 0.717) is 12.5 Å². The van der Waals surface area contributed by atoms with Gasteiger partial charge in [0.2, 0.25) is 0 Å². The minimum absolute atomic E-state index is 0.609. The summed E-state index contributed by atoms with van der Waals surface area (Å²) in [5.74, 6) is 1.56. The van der Waals surface area contributed by atoms with E-state index in [-0.39, 0.29) is 0 Å². The second-order valence-corrected chi connectivity index (χ2v) is 6.00. The van der Waals surface area contributed by atoms with Gasteiger partial charge in [0.15, 0.2) is 5.96 Å². The molecule has 3 rings (SSSR count). The van der Waals surface area contributed by atoms with Crippen LogP contribution in [0.2, 0.25) is 0 Å². The SMILES string of the molecule is CN(C)C(=NCc1ccccc1)NCC1Cc2ccccc21. The fraction of sp³-hybridized carbons (Fsp3) is 0.316. The molecular formula is C19H23N3. The molecule has 1 aliphatic rings. The van der Waals surface area contributed by atoms with Gasteiger partial charge in [0.05, 0.1) is 6.54 Å². The van der Waals surface area contributed by atoms with Gasteiger partial charge in [0, 0.05) is 26.6 Å². The van der Waals surface area contributed by atoms with Crippen molar-refractivity contribution < 1.29 is 0 Å². The largest absolute Gasteiger partial charge is 0.356 e. The first kappa shape index (κ1) is 14.6. The summed E-state index contributed by atoms with van der Waals surface area (Å²) in [4.78, 5) is 6.76. The number of rotatable bonds is 4. The van der Waals surface area contributed by atoms with Crippen LogP contribution in [-0.4, -0.2) is 31.5 Å². The fourth-order valence-electron chi connectivity index (χ4n) is 2.86. The zero-order chi connectivity index (χ0) is 15.4. The lowest BCUT2D eigenvalue weighted by Crippen LogP contribution is -2.40. The third-order valence-electron chi connectivity index (χ3n) is 4.15. The summed E-state index contributed by atoms with van der Waals surface area (Å²) in [6.07, 6.45) is 1.17. The van der Waals surface area contributed by atoms with Gasteiger partial charge < -0.3 is 10.2 Å². The summed E-state index contributed by atoms with van der Waals surface area (Å²) in [5.41, 5.74) is 4.20. The maximum absolute atomic E-state index is 4.71. The molecule has 0 radical (unpaired) electrons. The van der Waals surface area contributed by atoms with Crippen molar-refractivity contribution in [1.82, 2.24) is 10.2 Å². The van der Waals surface area contributed by atoms with Crippen LogP contribution < -0.4 is 5.32 Å².